The quantitative estimate of drug-likeness (QED) is 0.825. The molecule has 2 rings (SSSR count). The lowest BCUT2D eigenvalue weighted by atomic mass is 10.4. The van der Waals surface area contributed by atoms with E-state index in [1.54, 1.807) is 11.3 Å². The molecule has 2 aromatic rings. The standard InChI is InChI=1S/C13H19N3S2/c1-10-7-13(16(3)15-10)18-11(2)8-14-9-12-5-4-6-17-12/h4-7,11,14H,8-9H2,1-3H3. The number of nitrogens with zero attached hydrogens (tertiary/aromatic N) is 2. The first-order valence-electron chi connectivity index (χ1n) is 6.05. The number of aromatic nitrogens is 2. The van der Waals surface area contributed by atoms with Crippen LogP contribution in [-0.2, 0) is 13.6 Å². The molecule has 0 radical (unpaired) electrons. The maximum Gasteiger partial charge on any atom is 0.0942 e. The van der Waals surface area contributed by atoms with Gasteiger partial charge in [0.1, 0.15) is 0 Å². The van der Waals surface area contributed by atoms with Crippen LogP contribution in [0.3, 0.4) is 0 Å². The zero-order chi connectivity index (χ0) is 13.0. The van der Waals surface area contributed by atoms with Gasteiger partial charge in [-0.3, -0.25) is 4.68 Å². The highest BCUT2D eigenvalue weighted by molar-refractivity contribution is 7.99. The molecule has 0 aromatic carbocycles. The third-order valence-corrected chi connectivity index (χ3v) is 4.66. The van der Waals surface area contributed by atoms with Crippen LogP contribution in [0, 0.1) is 6.92 Å². The van der Waals surface area contributed by atoms with Crippen LogP contribution in [0.1, 0.15) is 17.5 Å². The second kappa shape index (κ2) is 6.41. The molecule has 0 aliphatic heterocycles. The number of nitrogens with one attached hydrogen (secondary N) is 1. The lowest BCUT2D eigenvalue weighted by molar-refractivity contribution is 0.675. The number of aryl methyl sites for hydroxylation is 2. The zero-order valence-corrected chi connectivity index (χ0v) is 12.6. The molecule has 0 spiro atoms. The second-order valence-corrected chi connectivity index (χ2v) is 6.88. The van der Waals surface area contributed by atoms with E-state index < -0.39 is 0 Å². The average Bonchev–Trinajstić information content (AvgIpc) is 2.90. The van der Waals surface area contributed by atoms with Gasteiger partial charge in [-0.1, -0.05) is 13.0 Å². The van der Waals surface area contributed by atoms with E-state index in [2.05, 4.69) is 40.9 Å². The Balaban J connectivity index is 1.75. The first-order chi connectivity index (χ1) is 8.65. The highest BCUT2D eigenvalue weighted by atomic mass is 32.2. The van der Waals surface area contributed by atoms with Crippen LogP contribution in [0.15, 0.2) is 28.6 Å². The van der Waals surface area contributed by atoms with Crippen molar-refractivity contribution in [3.8, 4) is 0 Å². The summed E-state index contributed by atoms with van der Waals surface area (Å²) in [5.74, 6) is 0. The number of thiophene rings is 1. The molecule has 2 aromatic heterocycles. The van der Waals surface area contributed by atoms with Crippen molar-refractivity contribution in [1.29, 1.82) is 0 Å². The molecule has 1 N–H and O–H groups in total. The van der Waals surface area contributed by atoms with Crippen LogP contribution in [0.5, 0.6) is 0 Å². The molecule has 0 amide bonds. The summed E-state index contributed by atoms with van der Waals surface area (Å²) in [6.45, 7) is 6.25. The van der Waals surface area contributed by atoms with Gasteiger partial charge < -0.3 is 5.32 Å². The third kappa shape index (κ3) is 3.86. The molecule has 0 bridgehead atoms. The van der Waals surface area contributed by atoms with E-state index in [0.717, 1.165) is 18.8 Å². The highest BCUT2D eigenvalue weighted by Crippen LogP contribution is 2.23. The summed E-state index contributed by atoms with van der Waals surface area (Å²) in [7, 11) is 2.00. The smallest absolute Gasteiger partial charge is 0.0942 e. The molecule has 0 aliphatic carbocycles. The van der Waals surface area contributed by atoms with Gasteiger partial charge in [-0.05, 0) is 24.4 Å². The van der Waals surface area contributed by atoms with Gasteiger partial charge in [0.05, 0.1) is 10.7 Å². The summed E-state index contributed by atoms with van der Waals surface area (Å²) in [4.78, 5) is 1.39. The van der Waals surface area contributed by atoms with Gasteiger partial charge in [-0.2, -0.15) is 5.10 Å². The lowest BCUT2D eigenvalue weighted by Gasteiger charge is -2.11. The molecule has 2 heterocycles. The largest absolute Gasteiger partial charge is 0.311 e. The highest BCUT2D eigenvalue weighted by Gasteiger charge is 2.08. The van der Waals surface area contributed by atoms with Crippen molar-refractivity contribution in [2.24, 2.45) is 7.05 Å². The fourth-order valence-electron chi connectivity index (χ4n) is 1.76. The van der Waals surface area contributed by atoms with Crippen molar-refractivity contribution in [2.75, 3.05) is 6.54 Å². The van der Waals surface area contributed by atoms with Gasteiger partial charge in [-0.15, -0.1) is 23.1 Å². The van der Waals surface area contributed by atoms with Crippen molar-refractivity contribution < 1.29 is 0 Å². The Labute approximate surface area is 117 Å². The number of rotatable bonds is 6. The molecule has 5 heteroatoms. The minimum atomic E-state index is 0.541. The lowest BCUT2D eigenvalue weighted by Crippen LogP contribution is -2.22. The predicted molar refractivity (Wildman–Crippen MR) is 79.3 cm³/mol. The molecule has 1 atom stereocenters. The molecule has 0 saturated heterocycles. The number of hydrogen-bond acceptors (Lipinski definition) is 4. The Hall–Kier alpha value is -0.780. The maximum atomic E-state index is 4.36. The van der Waals surface area contributed by atoms with E-state index in [4.69, 9.17) is 0 Å². The van der Waals surface area contributed by atoms with Crippen LogP contribution < -0.4 is 5.32 Å². The Kier molecular flexibility index (Phi) is 4.86. The Morgan fingerprint density at radius 1 is 1.56 bits per heavy atom. The Bertz CT molecular complexity index is 476. The molecule has 0 fully saturated rings. The van der Waals surface area contributed by atoms with E-state index >= 15 is 0 Å². The van der Waals surface area contributed by atoms with E-state index in [-0.39, 0.29) is 0 Å². The normalized spacial score (nSPS) is 12.8. The van der Waals surface area contributed by atoms with Gasteiger partial charge >= 0.3 is 0 Å². The van der Waals surface area contributed by atoms with Crippen molar-refractivity contribution in [1.82, 2.24) is 15.1 Å². The molecule has 1 unspecified atom stereocenters. The fourth-order valence-corrected chi connectivity index (χ4v) is 3.48. The fraction of sp³-hybridized carbons (Fsp3) is 0.462. The topological polar surface area (TPSA) is 29.9 Å². The molecular formula is C13H19N3S2. The van der Waals surface area contributed by atoms with E-state index in [1.165, 1.54) is 9.90 Å². The van der Waals surface area contributed by atoms with Crippen LogP contribution >= 0.6 is 23.1 Å². The van der Waals surface area contributed by atoms with Crippen molar-refractivity contribution in [3.63, 3.8) is 0 Å². The molecule has 18 heavy (non-hydrogen) atoms. The summed E-state index contributed by atoms with van der Waals surface area (Å²) >= 11 is 3.67. The minimum Gasteiger partial charge on any atom is -0.311 e. The van der Waals surface area contributed by atoms with Crippen molar-refractivity contribution >= 4 is 23.1 Å². The molecule has 0 saturated carbocycles. The number of hydrogen-bond donors (Lipinski definition) is 1. The Morgan fingerprint density at radius 2 is 2.39 bits per heavy atom. The van der Waals surface area contributed by atoms with Crippen molar-refractivity contribution in [2.45, 2.75) is 30.7 Å². The number of thioether (sulfide) groups is 1. The first kappa shape index (κ1) is 13.6. The van der Waals surface area contributed by atoms with Crippen LogP contribution in [0.25, 0.3) is 0 Å². The van der Waals surface area contributed by atoms with Gasteiger partial charge in [0.25, 0.3) is 0 Å². The van der Waals surface area contributed by atoms with Gasteiger partial charge in [0, 0.05) is 30.3 Å². The van der Waals surface area contributed by atoms with Crippen molar-refractivity contribution in [3.05, 3.63) is 34.2 Å². The zero-order valence-electron chi connectivity index (χ0n) is 11.0. The summed E-state index contributed by atoms with van der Waals surface area (Å²) < 4.78 is 1.95. The predicted octanol–water partition coefficient (Wildman–Crippen LogP) is 3.06. The van der Waals surface area contributed by atoms with Gasteiger partial charge in [0.15, 0.2) is 0 Å². The van der Waals surface area contributed by atoms with E-state index in [1.807, 2.05) is 30.4 Å². The van der Waals surface area contributed by atoms with Gasteiger partial charge in [-0.25, -0.2) is 0 Å². The summed E-state index contributed by atoms with van der Waals surface area (Å²) in [5, 5.41) is 11.8. The van der Waals surface area contributed by atoms with Crippen LogP contribution in [0.2, 0.25) is 0 Å². The second-order valence-electron chi connectivity index (χ2n) is 4.39. The average molecular weight is 281 g/mol. The summed E-state index contributed by atoms with van der Waals surface area (Å²) in [6, 6.07) is 6.40. The first-order valence-corrected chi connectivity index (χ1v) is 7.81. The molecule has 98 valence electrons. The summed E-state index contributed by atoms with van der Waals surface area (Å²) in [5.41, 5.74) is 1.08. The van der Waals surface area contributed by atoms with Crippen LogP contribution in [-0.4, -0.2) is 21.6 Å². The minimum absolute atomic E-state index is 0.541. The molecule has 0 aliphatic rings. The molecule has 3 nitrogen and oxygen atoms in total. The van der Waals surface area contributed by atoms with Gasteiger partial charge in [0.2, 0.25) is 0 Å². The summed E-state index contributed by atoms with van der Waals surface area (Å²) in [6.07, 6.45) is 0. The SMILES string of the molecule is Cc1cc(SC(C)CNCc2cccs2)n(C)n1. The van der Waals surface area contributed by atoms with E-state index in [0.29, 0.717) is 5.25 Å². The third-order valence-electron chi connectivity index (χ3n) is 2.59. The monoisotopic (exact) mass is 281 g/mol. The van der Waals surface area contributed by atoms with E-state index in [9.17, 15) is 0 Å². The Morgan fingerprint density at radius 3 is 3.00 bits per heavy atom. The van der Waals surface area contributed by atoms with Crippen LogP contribution in [0.4, 0.5) is 0 Å². The maximum absolute atomic E-state index is 4.36. The molecular weight excluding hydrogens is 262 g/mol.